The Balaban J connectivity index is 2.31. The van der Waals surface area contributed by atoms with E-state index in [-0.39, 0.29) is 0 Å². The molecule has 1 fully saturated rings. The second-order valence-electron chi connectivity index (χ2n) is 3.31. The quantitative estimate of drug-likeness (QED) is 0.709. The first-order valence-electron chi connectivity index (χ1n) is 4.63. The zero-order valence-electron chi connectivity index (χ0n) is 7.70. The molecule has 72 valence electrons. The molecule has 1 saturated heterocycles. The van der Waals surface area contributed by atoms with Crippen LogP contribution in [0.15, 0.2) is 12.1 Å². The van der Waals surface area contributed by atoms with Crippen LogP contribution < -0.4 is 4.90 Å². The molecule has 2 heterocycles. The van der Waals surface area contributed by atoms with Crippen molar-refractivity contribution >= 4 is 17.4 Å². The minimum Gasteiger partial charge on any atom is -0.357 e. The molecule has 0 amide bonds. The highest BCUT2D eigenvalue weighted by molar-refractivity contribution is 6.31. The van der Waals surface area contributed by atoms with Gasteiger partial charge in [-0.3, -0.25) is 0 Å². The number of rotatable bonds is 1. The van der Waals surface area contributed by atoms with Gasteiger partial charge in [-0.2, -0.15) is 5.26 Å². The monoisotopic (exact) mass is 207 g/mol. The summed E-state index contributed by atoms with van der Waals surface area (Å²) in [5, 5.41) is 9.20. The van der Waals surface area contributed by atoms with Gasteiger partial charge in [0.15, 0.2) is 5.69 Å². The lowest BCUT2D eigenvalue weighted by Gasteiger charge is -2.16. The topological polar surface area (TPSA) is 39.9 Å². The van der Waals surface area contributed by atoms with Gasteiger partial charge >= 0.3 is 0 Å². The van der Waals surface area contributed by atoms with Gasteiger partial charge in [-0.05, 0) is 25.0 Å². The largest absolute Gasteiger partial charge is 0.357 e. The highest BCUT2D eigenvalue weighted by Gasteiger charge is 2.14. The molecule has 0 aliphatic carbocycles. The smallest absolute Gasteiger partial charge is 0.161 e. The summed E-state index contributed by atoms with van der Waals surface area (Å²) >= 11 is 5.80. The second kappa shape index (κ2) is 3.85. The average molecular weight is 208 g/mol. The summed E-state index contributed by atoms with van der Waals surface area (Å²) in [6, 6.07) is 5.60. The molecule has 1 aliphatic heterocycles. The Bertz CT molecular complexity index is 377. The Morgan fingerprint density at radius 1 is 1.36 bits per heavy atom. The molecule has 14 heavy (non-hydrogen) atoms. The Hall–Kier alpha value is -1.27. The summed E-state index contributed by atoms with van der Waals surface area (Å²) in [6.45, 7) is 2.05. The van der Waals surface area contributed by atoms with E-state index in [0.717, 1.165) is 18.9 Å². The zero-order valence-corrected chi connectivity index (χ0v) is 8.46. The van der Waals surface area contributed by atoms with E-state index in [9.17, 15) is 0 Å². The molecular weight excluding hydrogens is 198 g/mol. The van der Waals surface area contributed by atoms with Crippen LogP contribution in [0, 0.1) is 11.3 Å². The maximum Gasteiger partial charge on any atom is 0.161 e. The van der Waals surface area contributed by atoms with Crippen molar-refractivity contribution in [3.05, 3.63) is 22.8 Å². The molecule has 1 aromatic rings. The lowest BCUT2D eigenvalue weighted by atomic mass is 10.3. The van der Waals surface area contributed by atoms with Crippen molar-refractivity contribution in [2.24, 2.45) is 0 Å². The van der Waals surface area contributed by atoms with Crippen LogP contribution in [-0.4, -0.2) is 18.1 Å². The van der Waals surface area contributed by atoms with Crippen LogP contribution >= 0.6 is 11.6 Å². The highest BCUT2D eigenvalue weighted by Crippen LogP contribution is 2.21. The van der Waals surface area contributed by atoms with E-state index in [1.807, 2.05) is 12.1 Å². The van der Waals surface area contributed by atoms with Gasteiger partial charge in [0.25, 0.3) is 0 Å². The summed E-state index contributed by atoms with van der Waals surface area (Å²) in [4.78, 5) is 6.38. The van der Waals surface area contributed by atoms with E-state index in [0.29, 0.717) is 10.7 Å². The molecule has 0 unspecified atom stereocenters. The van der Waals surface area contributed by atoms with Crippen molar-refractivity contribution in [3.8, 4) is 6.07 Å². The van der Waals surface area contributed by atoms with Crippen LogP contribution in [-0.2, 0) is 0 Å². The predicted octanol–water partition coefficient (Wildman–Crippen LogP) is 2.21. The van der Waals surface area contributed by atoms with Crippen molar-refractivity contribution < 1.29 is 0 Å². The number of pyridine rings is 1. The maximum absolute atomic E-state index is 8.77. The molecule has 0 aromatic carbocycles. The predicted molar refractivity (Wildman–Crippen MR) is 55.4 cm³/mol. The third kappa shape index (κ3) is 1.66. The summed E-state index contributed by atoms with van der Waals surface area (Å²) in [5.41, 5.74) is 0.316. The Morgan fingerprint density at radius 3 is 2.71 bits per heavy atom. The lowest BCUT2D eigenvalue weighted by Crippen LogP contribution is -2.19. The molecule has 4 heteroatoms. The van der Waals surface area contributed by atoms with Crippen LogP contribution in [0.5, 0.6) is 0 Å². The highest BCUT2D eigenvalue weighted by atomic mass is 35.5. The van der Waals surface area contributed by atoms with Crippen LogP contribution in [0.1, 0.15) is 18.5 Å². The first-order valence-corrected chi connectivity index (χ1v) is 5.00. The molecule has 0 saturated carbocycles. The summed E-state index contributed by atoms with van der Waals surface area (Å²) < 4.78 is 0. The molecule has 1 aromatic heterocycles. The van der Waals surface area contributed by atoms with E-state index >= 15 is 0 Å². The molecule has 3 nitrogen and oxygen atoms in total. The second-order valence-corrected chi connectivity index (χ2v) is 3.71. The summed E-state index contributed by atoms with van der Waals surface area (Å²) in [5.74, 6) is 0.864. The van der Waals surface area contributed by atoms with Gasteiger partial charge < -0.3 is 4.90 Å². The number of hydrogen-bond acceptors (Lipinski definition) is 3. The van der Waals surface area contributed by atoms with Gasteiger partial charge in [0, 0.05) is 13.1 Å². The Morgan fingerprint density at radius 2 is 2.07 bits per heavy atom. The molecule has 0 atom stereocenters. The third-order valence-electron chi connectivity index (χ3n) is 2.37. The molecule has 0 N–H and O–H groups in total. The SMILES string of the molecule is N#Cc1nc(N2CCCC2)ccc1Cl. The first kappa shape index (κ1) is 9.29. The Kier molecular flexibility index (Phi) is 2.55. The standard InChI is InChI=1S/C10H10ClN3/c11-8-3-4-10(13-9(8)7-12)14-5-1-2-6-14/h3-4H,1-2,5-6H2. The molecular formula is C10H10ClN3. The summed E-state index contributed by atoms with van der Waals surface area (Å²) in [7, 11) is 0. The van der Waals surface area contributed by atoms with Crippen molar-refractivity contribution in [3.63, 3.8) is 0 Å². The molecule has 1 aliphatic rings. The molecule has 0 radical (unpaired) electrons. The van der Waals surface area contributed by atoms with Crippen LogP contribution in [0.2, 0.25) is 5.02 Å². The fourth-order valence-corrected chi connectivity index (χ4v) is 1.78. The van der Waals surface area contributed by atoms with Crippen LogP contribution in [0.4, 0.5) is 5.82 Å². The van der Waals surface area contributed by atoms with Gasteiger partial charge in [-0.25, -0.2) is 4.98 Å². The summed E-state index contributed by atoms with van der Waals surface area (Å²) in [6.07, 6.45) is 2.40. The van der Waals surface area contributed by atoms with Crippen LogP contribution in [0.25, 0.3) is 0 Å². The number of hydrogen-bond donors (Lipinski definition) is 0. The Labute approximate surface area is 87.9 Å². The van der Waals surface area contributed by atoms with Crippen molar-refractivity contribution in [2.45, 2.75) is 12.8 Å². The van der Waals surface area contributed by atoms with Crippen molar-refractivity contribution in [2.75, 3.05) is 18.0 Å². The number of nitrogens with zero attached hydrogens (tertiary/aromatic N) is 3. The fraction of sp³-hybridized carbons (Fsp3) is 0.400. The molecule has 2 rings (SSSR count). The van der Waals surface area contributed by atoms with Crippen LogP contribution in [0.3, 0.4) is 0 Å². The van der Waals surface area contributed by atoms with Gasteiger partial charge in [0.2, 0.25) is 0 Å². The van der Waals surface area contributed by atoms with Crippen molar-refractivity contribution in [1.82, 2.24) is 4.98 Å². The van der Waals surface area contributed by atoms with E-state index in [1.165, 1.54) is 12.8 Å². The minimum atomic E-state index is 0.316. The van der Waals surface area contributed by atoms with Crippen molar-refractivity contribution in [1.29, 1.82) is 5.26 Å². The fourth-order valence-electron chi connectivity index (χ4n) is 1.63. The number of aromatic nitrogens is 1. The first-order chi connectivity index (χ1) is 6.81. The minimum absolute atomic E-state index is 0.316. The lowest BCUT2D eigenvalue weighted by molar-refractivity contribution is 0.934. The van der Waals surface area contributed by atoms with Gasteiger partial charge in [0.1, 0.15) is 11.9 Å². The maximum atomic E-state index is 8.77. The number of halogens is 1. The van der Waals surface area contributed by atoms with E-state index in [4.69, 9.17) is 16.9 Å². The van der Waals surface area contributed by atoms with Gasteiger partial charge in [-0.1, -0.05) is 11.6 Å². The molecule has 0 bridgehead atoms. The average Bonchev–Trinajstić information content (AvgIpc) is 2.71. The normalized spacial score (nSPS) is 15.6. The zero-order chi connectivity index (χ0) is 9.97. The number of nitriles is 1. The van der Waals surface area contributed by atoms with E-state index in [1.54, 1.807) is 6.07 Å². The van der Waals surface area contributed by atoms with Gasteiger partial charge in [0.05, 0.1) is 5.02 Å². The third-order valence-corrected chi connectivity index (χ3v) is 2.67. The van der Waals surface area contributed by atoms with Gasteiger partial charge in [-0.15, -0.1) is 0 Å². The number of anilines is 1. The molecule has 0 spiro atoms. The van der Waals surface area contributed by atoms with E-state index in [2.05, 4.69) is 9.88 Å². The van der Waals surface area contributed by atoms with E-state index < -0.39 is 0 Å².